The molecule has 0 aromatic carbocycles. The van der Waals surface area contributed by atoms with Gasteiger partial charge in [-0.1, -0.05) is 6.42 Å². The number of nitrogens with one attached hydrogen (secondary N) is 1. The summed E-state index contributed by atoms with van der Waals surface area (Å²) in [4.78, 5) is 0. The minimum Gasteiger partial charge on any atom is -0.396 e. The highest BCUT2D eigenvalue weighted by molar-refractivity contribution is 4.92. The van der Waals surface area contributed by atoms with Gasteiger partial charge in [-0.05, 0) is 58.0 Å². The Balaban J connectivity index is 2.14. The second-order valence-corrected chi connectivity index (χ2v) is 5.58. The van der Waals surface area contributed by atoms with Crippen molar-refractivity contribution in [2.24, 2.45) is 17.3 Å². The third-order valence-electron chi connectivity index (χ3n) is 3.69. The molecule has 0 aromatic heterocycles. The minimum atomic E-state index is -0.223. The largest absolute Gasteiger partial charge is 0.396 e. The normalized spacial score (nSPS) is 25.6. The molecule has 0 saturated heterocycles. The number of nitrogens with zero attached hydrogens (tertiary/aromatic N) is 1. The number of hydrogen-bond acceptors (Lipinski definition) is 3. The number of aliphatic hydroxyl groups is 1. The molecule has 0 spiro atoms. The van der Waals surface area contributed by atoms with Crippen molar-refractivity contribution in [1.29, 1.82) is 5.26 Å². The van der Waals surface area contributed by atoms with Crippen LogP contribution in [0.3, 0.4) is 0 Å². The van der Waals surface area contributed by atoms with Gasteiger partial charge in [-0.25, -0.2) is 0 Å². The molecular formula is C13H24N2O. The zero-order valence-corrected chi connectivity index (χ0v) is 10.5. The van der Waals surface area contributed by atoms with Crippen molar-refractivity contribution in [2.75, 3.05) is 19.7 Å². The van der Waals surface area contributed by atoms with Crippen LogP contribution in [0, 0.1) is 28.6 Å². The fraction of sp³-hybridized carbons (Fsp3) is 0.923. The molecular weight excluding hydrogens is 200 g/mol. The highest BCUT2D eigenvalue weighted by atomic mass is 16.3. The first-order valence-corrected chi connectivity index (χ1v) is 6.32. The molecule has 0 bridgehead atoms. The fourth-order valence-electron chi connectivity index (χ4n) is 2.37. The standard InChI is InChI=1S/C13H24N2O/c1-13(2,10-14)6-7-15-8-11-4-3-5-12(11)9-16/h11-12,15-16H,3-9H2,1-2H3. The molecule has 16 heavy (non-hydrogen) atoms. The van der Waals surface area contributed by atoms with Crippen molar-refractivity contribution in [3.05, 3.63) is 0 Å². The summed E-state index contributed by atoms with van der Waals surface area (Å²) >= 11 is 0. The molecule has 1 aliphatic carbocycles. The molecule has 1 rings (SSSR count). The van der Waals surface area contributed by atoms with E-state index < -0.39 is 0 Å². The van der Waals surface area contributed by atoms with Crippen LogP contribution in [-0.2, 0) is 0 Å². The maximum absolute atomic E-state index is 9.19. The molecule has 0 amide bonds. The average molecular weight is 224 g/mol. The predicted octanol–water partition coefficient (Wildman–Crippen LogP) is 1.92. The third-order valence-corrected chi connectivity index (χ3v) is 3.69. The van der Waals surface area contributed by atoms with Crippen LogP contribution in [0.25, 0.3) is 0 Å². The van der Waals surface area contributed by atoms with Crippen LogP contribution in [0.5, 0.6) is 0 Å². The monoisotopic (exact) mass is 224 g/mol. The van der Waals surface area contributed by atoms with E-state index in [0.717, 1.165) is 19.5 Å². The first kappa shape index (κ1) is 13.5. The van der Waals surface area contributed by atoms with Gasteiger partial charge in [0.05, 0.1) is 11.5 Å². The van der Waals surface area contributed by atoms with Crippen molar-refractivity contribution in [3.63, 3.8) is 0 Å². The van der Waals surface area contributed by atoms with Crippen molar-refractivity contribution >= 4 is 0 Å². The van der Waals surface area contributed by atoms with Crippen molar-refractivity contribution in [1.82, 2.24) is 5.32 Å². The Kier molecular flexibility index (Phi) is 5.24. The summed E-state index contributed by atoms with van der Waals surface area (Å²) in [5.74, 6) is 1.13. The minimum absolute atomic E-state index is 0.223. The summed E-state index contributed by atoms with van der Waals surface area (Å²) in [6, 6.07) is 2.31. The third kappa shape index (κ3) is 4.11. The topological polar surface area (TPSA) is 56.0 Å². The van der Waals surface area contributed by atoms with E-state index in [1.54, 1.807) is 0 Å². The SMILES string of the molecule is CC(C)(C#N)CCNCC1CCCC1CO. The molecule has 2 atom stereocenters. The summed E-state index contributed by atoms with van der Waals surface area (Å²) in [5, 5.41) is 21.5. The van der Waals surface area contributed by atoms with Crippen molar-refractivity contribution < 1.29 is 5.11 Å². The lowest BCUT2D eigenvalue weighted by atomic mass is 9.91. The van der Waals surface area contributed by atoms with Crippen LogP contribution in [0.15, 0.2) is 0 Å². The average Bonchev–Trinajstić information content (AvgIpc) is 2.72. The van der Waals surface area contributed by atoms with Gasteiger partial charge in [0.1, 0.15) is 0 Å². The molecule has 2 unspecified atom stereocenters. The summed E-state index contributed by atoms with van der Waals surface area (Å²) < 4.78 is 0. The highest BCUT2D eigenvalue weighted by Gasteiger charge is 2.26. The van der Waals surface area contributed by atoms with Crippen molar-refractivity contribution in [2.45, 2.75) is 39.5 Å². The van der Waals surface area contributed by atoms with E-state index in [0.29, 0.717) is 18.4 Å². The van der Waals surface area contributed by atoms with E-state index in [1.807, 2.05) is 13.8 Å². The van der Waals surface area contributed by atoms with Gasteiger partial charge in [-0.15, -0.1) is 0 Å². The van der Waals surface area contributed by atoms with Crippen LogP contribution < -0.4 is 5.32 Å². The van der Waals surface area contributed by atoms with E-state index in [-0.39, 0.29) is 5.41 Å². The van der Waals surface area contributed by atoms with Gasteiger partial charge < -0.3 is 10.4 Å². The summed E-state index contributed by atoms with van der Waals surface area (Å²) in [6.07, 6.45) is 4.55. The molecule has 0 aliphatic heterocycles. The zero-order valence-electron chi connectivity index (χ0n) is 10.5. The van der Waals surface area contributed by atoms with Crippen LogP contribution in [-0.4, -0.2) is 24.8 Å². The fourth-order valence-corrected chi connectivity index (χ4v) is 2.37. The summed E-state index contributed by atoms with van der Waals surface area (Å²) in [6.45, 7) is 6.17. The molecule has 3 heteroatoms. The quantitative estimate of drug-likeness (QED) is 0.678. The van der Waals surface area contributed by atoms with Gasteiger partial charge in [0.15, 0.2) is 0 Å². The molecule has 0 aromatic rings. The molecule has 1 aliphatic rings. The lowest BCUT2D eigenvalue weighted by Crippen LogP contribution is -2.29. The highest BCUT2D eigenvalue weighted by Crippen LogP contribution is 2.30. The van der Waals surface area contributed by atoms with Gasteiger partial charge in [0.2, 0.25) is 0 Å². The summed E-state index contributed by atoms with van der Waals surface area (Å²) in [5.41, 5.74) is -0.223. The van der Waals surface area contributed by atoms with E-state index >= 15 is 0 Å². The maximum atomic E-state index is 9.19. The molecule has 1 saturated carbocycles. The van der Waals surface area contributed by atoms with E-state index in [1.165, 1.54) is 19.3 Å². The van der Waals surface area contributed by atoms with Gasteiger partial charge >= 0.3 is 0 Å². The molecule has 2 N–H and O–H groups in total. The van der Waals surface area contributed by atoms with Gasteiger partial charge in [0.25, 0.3) is 0 Å². The molecule has 0 radical (unpaired) electrons. The van der Waals surface area contributed by atoms with E-state index in [4.69, 9.17) is 5.26 Å². The van der Waals surface area contributed by atoms with Crippen LogP contribution in [0.4, 0.5) is 0 Å². The number of aliphatic hydroxyl groups excluding tert-OH is 1. The smallest absolute Gasteiger partial charge is 0.0684 e. The van der Waals surface area contributed by atoms with E-state index in [2.05, 4.69) is 11.4 Å². The van der Waals surface area contributed by atoms with Crippen LogP contribution in [0.2, 0.25) is 0 Å². The predicted molar refractivity (Wildman–Crippen MR) is 64.8 cm³/mol. The Hall–Kier alpha value is -0.590. The molecule has 0 heterocycles. The Morgan fingerprint density at radius 1 is 1.38 bits per heavy atom. The Morgan fingerprint density at radius 3 is 2.69 bits per heavy atom. The molecule has 92 valence electrons. The second-order valence-electron chi connectivity index (χ2n) is 5.58. The molecule has 3 nitrogen and oxygen atoms in total. The lowest BCUT2D eigenvalue weighted by Gasteiger charge is -2.20. The first-order valence-electron chi connectivity index (χ1n) is 6.32. The lowest BCUT2D eigenvalue weighted by molar-refractivity contribution is 0.192. The Morgan fingerprint density at radius 2 is 2.06 bits per heavy atom. The first-order chi connectivity index (χ1) is 7.59. The van der Waals surface area contributed by atoms with Gasteiger partial charge in [0, 0.05) is 6.61 Å². The number of rotatable bonds is 6. The number of nitriles is 1. The van der Waals surface area contributed by atoms with Gasteiger partial charge in [-0.3, -0.25) is 0 Å². The van der Waals surface area contributed by atoms with Crippen LogP contribution in [0.1, 0.15) is 39.5 Å². The van der Waals surface area contributed by atoms with Crippen molar-refractivity contribution in [3.8, 4) is 6.07 Å². The number of hydrogen-bond donors (Lipinski definition) is 2. The Labute approximate surface area is 98.8 Å². The van der Waals surface area contributed by atoms with Crippen LogP contribution >= 0.6 is 0 Å². The maximum Gasteiger partial charge on any atom is 0.0684 e. The summed E-state index contributed by atoms with van der Waals surface area (Å²) in [7, 11) is 0. The second kappa shape index (κ2) is 6.22. The van der Waals surface area contributed by atoms with E-state index in [9.17, 15) is 5.11 Å². The zero-order chi connectivity index (χ0) is 12.0. The molecule has 1 fully saturated rings. The Bertz CT molecular complexity index is 245. The van der Waals surface area contributed by atoms with Gasteiger partial charge in [-0.2, -0.15) is 5.26 Å².